The summed E-state index contributed by atoms with van der Waals surface area (Å²) < 4.78 is 31.6. The van der Waals surface area contributed by atoms with E-state index in [1.807, 2.05) is 0 Å². The van der Waals surface area contributed by atoms with E-state index in [1.54, 1.807) is 0 Å². The summed E-state index contributed by atoms with van der Waals surface area (Å²) in [6.07, 6.45) is 7.41. The minimum atomic E-state index is -0.611. The van der Waals surface area contributed by atoms with Crippen LogP contribution in [0.25, 0.3) is 0 Å². The van der Waals surface area contributed by atoms with E-state index in [2.05, 4.69) is 6.92 Å². The molecule has 19 heavy (non-hydrogen) atoms. The summed E-state index contributed by atoms with van der Waals surface area (Å²) in [5.74, 6) is 0.364. The Morgan fingerprint density at radius 1 is 1.11 bits per heavy atom. The zero-order valence-electron chi connectivity index (χ0n) is 11.5. The highest BCUT2D eigenvalue weighted by Crippen LogP contribution is 2.32. The van der Waals surface area contributed by atoms with Crippen molar-refractivity contribution in [2.24, 2.45) is 11.8 Å². The molecular weight excluding hydrogens is 246 g/mol. The normalized spacial score (nSPS) is 23.3. The van der Waals surface area contributed by atoms with Gasteiger partial charge in [0, 0.05) is 6.07 Å². The number of ether oxygens (including phenoxy) is 1. The molecule has 0 saturated heterocycles. The van der Waals surface area contributed by atoms with Gasteiger partial charge in [-0.15, -0.1) is 0 Å². The van der Waals surface area contributed by atoms with Crippen LogP contribution in [0.15, 0.2) is 18.2 Å². The van der Waals surface area contributed by atoms with E-state index in [0.717, 1.165) is 24.8 Å². The van der Waals surface area contributed by atoms with Crippen LogP contribution in [0.5, 0.6) is 5.75 Å². The number of benzene rings is 1. The van der Waals surface area contributed by atoms with Crippen molar-refractivity contribution in [2.45, 2.75) is 45.4 Å². The topological polar surface area (TPSA) is 9.23 Å². The number of hydrogen-bond donors (Lipinski definition) is 0. The molecule has 0 bridgehead atoms. The molecule has 0 N–H and O–H groups in total. The van der Waals surface area contributed by atoms with Crippen molar-refractivity contribution in [2.75, 3.05) is 6.61 Å². The molecule has 106 valence electrons. The standard InChI is InChI=1S/C16H22F2O/c1-2-3-12-4-6-13(7-5-12)11-19-16-9-8-14(17)10-15(16)18/h8-10,12-13H,2-7,11H2,1H3/t12-,13-. The molecule has 0 amide bonds. The Hall–Kier alpha value is -1.12. The first-order valence-corrected chi connectivity index (χ1v) is 7.27. The molecule has 0 aliphatic heterocycles. The maximum absolute atomic E-state index is 13.4. The summed E-state index contributed by atoms with van der Waals surface area (Å²) in [6.45, 7) is 2.77. The summed E-state index contributed by atoms with van der Waals surface area (Å²) in [5, 5.41) is 0. The highest BCUT2D eigenvalue weighted by Gasteiger charge is 2.21. The molecule has 1 aliphatic carbocycles. The lowest BCUT2D eigenvalue weighted by molar-refractivity contribution is 0.174. The lowest BCUT2D eigenvalue weighted by Gasteiger charge is -2.28. The van der Waals surface area contributed by atoms with Crippen LogP contribution < -0.4 is 4.74 Å². The average molecular weight is 268 g/mol. The summed E-state index contributed by atoms with van der Waals surface area (Å²) in [6, 6.07) is 3.47. The van der Waals surface area contributed by atoms with Crippen molar-refractivity contribution < 1.29 is 13.5 Å². The molecule has 0 aromatic heterocycles. The van der Waals surface area contributed by atoms with Crippen molar-refractivity contribution in [1.82, 2.24) is 0 Å². The van der Waals surface area contributed by atoms with Gasteiger partial charge >= 0.3 is 0 Å². The Morgan fingerprint density at radius 3 is 2.42 bits per heavy atom. The van der Waals surface area contributed by atoms with Gasteiger partial charge < -0.3 is 4.74 Å². The van der Waals surface area contributed by atoms with Crippen LogP contribution in [0, 0.1) is 23.5 Å². The fourth-order valence-corrected chi connectivity index (χ4v) is 2.89. The van der Waals surface area contributed by atoms with Crippen LogP contribution in [0.3, 0.4) is 0 Å². The van der Waals surface area contributed by atoms with Crippen molar-refractivity contribution in [1.29, 1.82) is 0 Å². The van der Waals surface area contributed by atoms with Crippen molar-refractivity contribution in [3.63, 3.8) is 0 Å². The molecule has 1 aromatic rings. The van der Waals surface area contributed by atoms with Gasteiger partial charge in [-0.2, -0.15) is 0 Å². The molecule has 1 aromatic carbocycles. The minimum absolute atomic E-state index is 0.164. The Balaban J connectivity index is 1.77. The molecule has 0 atom stereocenters. The molecule has 0 spiro atoms. The van der Waals surface area contributed by atoms with E-state index < -0.39 is 11.6 Å². The Labute approximate surface area is 114 Å². The van der Waals surface area contributed by atoms with Crippen LogP contribution >= 0.6 is 0 Å². The van der Waals surface area contributed by atoms with Gasteiger partial charge in [-0.3, -0.25) is 0 Å². The average Bonchev–Trinajstić information content (AvgIpc) is 2.40. The molecular formula is C16H22F2O. The molecule has 2 rings (SSSR count). The van der Waals surface area contributed by atoms with Crippen LogP contribution in [-0.2, 0) is 0 Å². The van der Waals surface area contributed by atoms with E-state index in [1.165, 1.54) is 37.8 Å². The van der Waals surface area contributed by atoms with Gasteiger partial charge in [-0.05, 0) is 36.8 Å². The first-order chi connectivity index (χ1) is 9.19. The van der Waals surface area contributed by atoms with Crippen LogP contribution in [0.1, 0.15) is 45.4 Å². The second-order valence-electron chi connectivity index (χ2n) is 5.56. The molecule has 1 nitrogen and oxygen atoms in total. The lowest BCUT2D eigenvalue weighted by atomic mass is 9.80. The number of hydrogen-bond acceptors (Lipinski definition) is 1. The number of rotatable bonds is 5. The van der Waals surface area contributed by atoms with Crippen molar-refractivity contribution in [3.8, 4) is 5.75 Å². The minimum Gasteiger partial charge on any atom is -0.490 e. The van der Waals surface area contributed by atoms with Crippen LogP contribution in [0.4, 0.5) is 8.78 Å². The van der Waals surface area contributed by atoms with Crippen LogP contribution in [-0.4, -0.2) is 6.61 Å². The highest BCUT2D eigenvalue weighted by molar-refractivity contribution is 5.24. The maximum Gasteiger partial charge on any atom is 0.167 e. The van der Waals surface area contributed by atoms with Gasteiger partial charge in [0.1, 0.15) is 5.82 Å². The summed E-state index contributed by atoms with van der Waals surface area (Å²) in [7, 11) is 0. The Morgan fingerprint density at radius 2 is 1.79 bits per heavy atom. The fourth-order valence-electron chi connectivity index (χ4n) is 2.89. The Kier molecular flexibility index (Phi) is 5.17. The van der Waals surface area contributed by atoms with Gasteiger partial charge in [0.2, 0.25) is 0 Å². The monoisotopic (exact) mass is 268 g/mol. The van der Waals surface area contributed by atoms with Gasteiger partial charge in [0.15, 0.2) is 11.6 Å². The lowest BCUT2D eigenvalue weighted by Crippen LogP contribution is -2.20. The summed E-state index contributed by atoms with van der Waals surface area (Å²) in [4.78, 5) is 0. The van der Waals surface area contributed by atoms with E-state index in [9.17, 15) is 8.78 Å². The van der Waals surface area contributed by atoms with E-state index in [4.69, 9.17) is 4.74 Å². The number of halogens is 2. The largest absolute Gasteiger partial charge is 0.490 e. The maximum atomic E-state index is 13.4. The Bertz CT molecular complexity index is 398. The smallest absolute Gasteiger partial charge is 0.167 e. The van der Waals surface area contributed by atoms with Gasteiger partial charge in [0.25, 0.3) is 0 Å². The molecule has 0 heterocycles. The van der Waals surface area contributed by atoms with Crippen molar-refractivity contribution >= 4 is 0 Å². The second kappa shape index (κ2) is 6.88. The summed E-state index contributed by atoms with van der Waals surface area (Å²) >= 11 is 0. The quantitative estimate of drug-likeness (QED) is 0.734. The van der Waals surface area contributed by atoms with Gasteiger partial charge in [-0.25, -0.2) is 8.78 Å². The molecule has 0 unspecified atom stereocenters. The zero-order valence-corrected chi connectivity index (χ0v) is 11.5. The highest BCUT2D eigenvalue weighted by atomic mass is 19.1. The molecule has 1 saturated carbocycles. The third kappa shape index (κ3) is 4.19. The predicted octanol–water partition coefficient (Wildman–Crippen LogP) is 4.95. The fraction of sp³-hybridized carbons (Fsp3) is 0.625. The second-order valence-corrected chi connectivity index (χ2v) is 5.56. The van der Waals surface area contributed by atoms with E-state index >= 15 is 0 Å². The van der Waals surface area contributed by atoms with Gasteiger partial charge in [0.05, 0.1) is 6.61 Å². The first kappa shape index (κ1) is 14.3. The van der Waals surface area contributed by atoms with Crippen molar-refractivity contribution in [3.05, 3.63) is 29.8 Å². The van der Waals surface area contributed by atoms with Crippen LogP contribution in [0.2, 0.25) is 0 Å². The van der Waals surface area contributed by atoms with E-state index in [-0.39, 0.29) is 5.75 Å². The predicted molar refractivity (Wildman–Crippen MR) is 72.2 cm³/mol. The summed E-state index contributed by atoms with van der Waals surface area (Å²) in [5.41, 5.74) is 0. The molecule has 3 heteroatoms. The first-order valence-electron chi connectivity index (χ1n) is 7.27. The molecule has 1 aliphatic rings. The third-order valence-corrected chi connectivity index (χ3v) is 4.03. The molecule has 1 fully saturated rings. The van der Waals surface area contributed by atoms with E-state index in [0.29, 0.717) is 12.5 Å². The zero-order chi connectivity index (χ0) is 13.7. The molecule has 0 radical (unpaired) electrons. The SMILES string of the molecule is CCC[C@H]1CC[C@H](COc2ccc(F)cc2F)CC1. The third-order valence-electron chi connectivity index (χ3n) is 4.03. The van der Waals surface area contributed by atoms with Gasteiger partial charge in [-0.1, -0.05) is 32.6 Å².